The largest absolute Gasteiger partial charge is 0.481 e. The number of hydrogen-bond donors (Lipinski definition) is 1. The van der Waals surface area contributed by atoms with Gasteiger partial charge in [0.2, 0.25) is 0 Å². The zero-order valence-corrected chi connectivity index (χ0v) is 14.9. The van der Waals surface area contributed by atoms with Crippen LogP contribution in [0.3, 0.4) is 0 Å². The van der Waals surface area contributed by atoms with Crippen LogP contribution in [0.15, 0.2) is 48.5 Å². The third kappa shape index (κ3) is 5.01. The molecule has 0 aliphatic rings. The number of rotatable bonds is 7. The molecule has 128 valence electrons. The third-order valence-corrected chi connectivity index (χ3v) is 3.80. The summed E-state index contributed by atoms with van der Waals surface area (Å²) in [6.07, 6.45) is 1.61. The van der Waals surface area contributed by atoms with Crippen LogP contribution in [-0.2, 0) is 11.2 Å². The predicted molar refractivity (Wildman–Crippen MR) is 99.9 cm³/mol. The van der Waals surface area contributed by atoms with E-state index in [9.17, 15) is 4.79 Å². The summed E-state index contributed by atoms with van der Waals surface area (Å²) < 4.78 is 5.72. The van der Waals surface area contributed by atoms with E-state index in [0.717, 1.165) is 24.2 Å². The number of anilines is 2. The highest BCUT2D eigenvalue weighted by atomic mass is 16.5. The van der Waals surface area contributed by atoms with Crippen LogP contribution in [0, 0.1) is 0 Å². The average molecular weight is 326 g/mol. The van der Waals surface area contributed by atoms with E-state index < -0.39 is 6.10 Å². The molecular weight excluding hydrogens is 300 g/mol. The smallest absolute Gasteiger partial charge is 0.265 e. The minimum absolute atomic E-state index is 0.162. The van der Waals surface area contributed by atoms with Crippen LogP contribution in [-0.4, -0.2) is 26.1 Å². The summed E-state index contributed by atoms with van der Waals surface area (Å²) in [5.74, 6) is 0.547. The van der Waals surface area contributed by atoms with Crippen LogP contribution in [0.4, 0.5) is 11.4 Å². The SMILES string of the molecule is CCCc1ccc(OC(C)C(=O)Nc2ccc(N(C)C)cc2)cc1. The molecule has 4 nitrogen and oxygen atoms in total. The van der Waals surface area contributed by atoms with Crippen molar-refractivity contribution in [3.8, 4) is 5.75 Å². The van der Waals surface area contributed by atoms with Crippen molar-refractivity contribution in [1.29, 1.82) is 0 Å². The molecule has 4 heteroatoms. The first-order valence-corrected chi connectivity index (χ1v) is 8.33. The standard InChI is InChI=1S/C20H26N2O2/c1-5-6-16-7-13-19(14-8-16)24-15(2)20(23)21-17-9-11-18(12-10-17)22(3)4/h7-15H,5-6H2,1-4H3,(H,21,23). The van der Waals surface area contributed by atoms with Gasteiger partial charge in [0.15, 0.2) is 6.10 Å². The number of hydrogen-bond acceptors (Lipinski definition) is 3. The number of benzene rings is 2. The molecule has 0 fully saturated rings. The molecule has 0 radical (unpaired) electrons. The molecule has 1 atom stereocenters. The third-order valence-electron chi connectivity index (χ3n) is 3.80. The van der Waals surface area contributed by atoms with Crippen molar-refractivity contribution in [2.45, 2.75) is 32.8 Å². The van der Waals surface area contributed by atoms with Gasteiger partial charge in [-0.25, -0.2) is 0 Å². The lowest BCUT2D eigenvalue weighted by atomic mass is 10.1. The second-order valence-corrected chi connectivity index (χ2v) is 6.08. The van der Waals surface area contributed by atoms with Crippen LogP contribution < -0.4 is 15.0 Å². The summed E-state index contributed by atoms with van der Waals surface area (Å²) in [6.45, 7) is 3.91. The fourth-order valence-corrected chi connectivity index (χ4v) is 2.37. The second-order valence-electron chi connectivity index (χ2n) is 6.08. The molecule has 0 saturated heterocycles. The minimum Gasteiger partial charge on any atom is -0.481 e. The number of carbonyl (C=O) groups is 1. The van der Waals surface area contributed by atoms with Crippen LogP contribution >= 0.6 is 0 Å². The molecule has 0 aromatic heterocycles. The van der Waals surface area contributed by atoms with Gasteiger partial charge in [-0.15, -0.1) is 0 Å². The fraction of sp³-hybridized carbons (Fsp3) is 0.350. The van der Waals surface area contributed by atoms with Gasteiger partial charge in [0.1, 0.15) is 5.75 Å². The van der Waals surface area contributed by atoms with Gasteiger partial charge in [-0.2, -0.15) is 0 Å². The Morgan fingerprint density at radius 1 is 1.08 bits per heavy atom. The lowest BCUT2D eigenvalue weighted by Gasteiger charge is -2.16. The number of nitrogens with one attached hydrogen (secondary N) is 1. The first-order valence-electron chi connectivity index (χ1n) is 8.33. The topological polar surface area (TPSA) is 41.6 Å². The summed E-state index contributed by atoms with van der Waals surface area (Å²) in [6, 6.07) is 15.6. The van der Waals surface area contributed by atoms with E-state index in [-0.39, 0.29) is 5.91 Å². The number of amides is 1. The number of aryl methyl sites for hydroxylation is 1. The molecule has 0 bridgehead atoms. The van der Waals surface area contributed by atoms with E-state index in [2.05, 4.69) is 12.2 Å². The minimum atomic E-state index is -0.560. The molecule has 2 aromatic rings. The first kappa shape index (κ1) is 17.9. The molecule has 0 heterocycles. The molecule has 1 unspecified atom stereocenters. The fourth-order valence-electron chi connectivity index (χ4n) is 2.37. The van der Waals surface area contributed by atoms with E-state index in [1.807, 2.05) is 67.5 Å². The van der Waals surface area contributed by atoms with Gasteiger partial charge in [-0.3, -0.25) is 4.79 Å². The number of ether oxygens (including phenoxy) is 1. The van der Waals surface area contributed by atoms with Crippen molar-refractivity contribution in [1.82, 2.24) is 0 Å². The van der Waals surface area contributed by atoms with Crippen LogP contribution in [0.2, 0.25) is 0 Å². The molecule has 2 aromatic carbocycles. The molecule has 0 aliphatic heterocycles. The van der Waals surface area contributed by atoms with Crippen LogP contribution in [0.25, 0.3) is 0 Å². The summed E-state index contributed by atoms with van der Waals surface area (Å²) in [4.78, 5) is 14.3. The van der Waals surface area contributed by atoms with Crippen molar-refractivity contribution in [2.24, 2.45) is 0 Å². The Morgan fingerprint density at radius 3 is 2.25 bits per heavy atom. The summed E-state index contributed by atoms with van der Waals surface area (Å²) in [7, 11) is 3.96. The van der Waals surface area contributed by atoms with Crippen molar-refractivity contribution in [2.75, 3.05) is 24.3 Å². The summed E-state index contributed by atoms with van der Waals surface area (Å²) in [5, 5.41) is 2.88. The Morgan fingerprint density at radius 2 is 1.71 bits per heavy atom. The molecule has 24 heavy (non-hydrogen) atoms. The average Bonchev–Trinajstić information content (AvgIpc) is 2.57. The summed E-state index contributed by atoms with van der Waals surface area (Å²) in [5.41, 5.74) is 3.13. The zero-order chi connectivity index (χ0) is 17.5. The quantitative estimate of drug-likeness (QED) is 0.832. The van der Waals surface area contributed by atoms with Gasteiger partial charge in [0.25, 0.3) is 5.91 Å². The lowest BCUT2D eigenvalue weighted by Crippen LogP contribution is -2.30. The van der Waals surface area contributed by atoms with Crippen molar-refractivity contribution in [3.63, 3.8) is 0 Å². The Kier molecular flexibility index (Phi) is 6.24. The monoisotopic (exact) mass is 326 g/mol. The van der Waals surface area contributed by atoms with Crippen molar-refractivity contribution < 1.29 is 9.53 Å². The van der Waals surface area contributed by atoms with Gasteiger partial charge in [-0.1, -0.05) is 25.5 Å². The maximum Gasteiger partial charge on any atom is 0.265 e. The van der Waals surface area contributed by atoms with Crippen molar-refractivity contribution in [3.05, 3.63) is 54.1 Å². The van der Waals surface area contributed by atoms with Crippen molar-refractivity contribution >= 4 is 17.3 Å². The molecule has 0 aliphatic carbocycles. The highest BCUT2D eigenvalue weighted by Gasteiger charge is 2.15. The molecule has 1 amide bonds. The number of carbonyl (C=O) groups excluding carboxylic acids is 1. The van der Waals surface area contributed by atoms with E-state index >= 15 is 0 Å². The first-order chi connectivity index (χ1) is 11.5. The van der Waals surface area contributed by atoms with Gasteiger partial charge in [-0.05, 0) is 55.3 Å². The molecule has 0 saturated carbocycles. The Hall–Kier alpha value is -2.49. The second kappa shape index (κ2) is 8.39. The Balaban J connectivity index is 1.91. The van der Waals surface area contributed by atoms with Crippen LogP contribution in [0.1, 0.15) is 25.8 Å². The summed E-state index contributed by atoms with van der Waals surface area (Å²) >= 11 is 0. The highest BCUT2D eigenvalue weighted by molar-refractivity contribution is 5.94. The molecular formula is C20H26N2O2. The Bertz CT molecular complexity index is 648. The van der Waals surface area contributed by atoms with E-state index in [1.54, 1.807) is 6.92 Å². The normalized spacial score (nSPS) is 11.7. The van der Waals surface area contributed by atoms with E-state index in [4.69, 9.17) is 4.74 Å². The molecule has 2 rings (SSSR count). The maximum absolute atomic E-state index is 12.3. The maximum atomic E-state index is 12.3. The number of nitrogens with zero attached hydrogens (tertiary/aromatic N) is 1. The zero-order valence-electron chi connectivity index (χ0n) is 14.9. The van der Waals surface area contributed by atoms with Gasteiger partial charge in [0.05, 0.1) is 0 Å². The van der Waals surface area contributed by atoms with Gasteiger partial charge in [0, 0.05) is 25.5 Å². The lowest BCUT2D eigenvalue weighted by molar-refractivity contribution is -0.122. The Labute approximate surface area is 144 Å². The van der Waals surface area contributed by atoms with E-state index in [0.29, 0.717) is 5.75 Å². The highest BCUT2D eigenvalue weighted by Crippen LogP contribution is 2.18. The molecule has 0 spiro atoms. The molecule has 1 N–H and O–H groups in total. The van der Waals surface area contributed by atoms with Crippen LogP contribution in [0.5, 0.6) is 5.75 Å². The van der Waals surface area contributed by atoms with Gasteiger partial charge >= 0.3 is 0 Å². The van der Waals surface area contributed by atoms with E-state index in [1.165, 1.54) is 5.56 Å². The van der Waals surface area contributed by atoms with Gasteiger partial charge < -0.3 is 15.0 Å². The predicted octanol–water partition coefficient (Wildman–Crippen LogP) is 4.11.